The molecule has 1 aromatic rings. The van der Waals surface area contributed by atoms with Gasteiger partial charge in [-0.2, -0.15) is 0 Å². The lowest BCUT2D eigenvalue weighted by atomic mass is 9.87. The van der Waals surface area contributed by atoms with Gasteiger partial charge in [-0.3, -0.25) is 14.4 Å². The maximum Gasteiger partial charge on any atom is 0.251 e. The van der Waals surface area contributed by atoms with Crippen LogP contribution in [-0.2, 0) is 24.5 Å². The van der Waals surface area contributed by atoms with Crippen LogP contribution < -0.4 is 16.0 Å². The molecule has 2 atom stereocenters. The normalized spacial score (nSPS) is 17.6. The number of amides is 3. The van der Waals surface area contributed by atoms with Gasteiger partial charge in [-0.15, -0.1) is 0 Å². The van der Waals surface area contributed by atoms with Crippen LogP contribution in [0.25, 0.3) is 0 Å². The molecule has 7 nitrogen and oxygen atoms in total. The molecule has 0 aliphatic carbocycles. The van der Waals surface area contributed by atoms with Crippen molar-refractivity contribution in [3.8, 4) is 0 Å². The predicted octanol–water partition coefficient (Wildman–Crippen LogP) is 3.21. The van der Waals surface area contributed by atoms with Gasteiger partial charge in [0.1, 0.15) is 11.8 Å². The van der Waals surface area contributed by atoms with Crippen molar-refractivity contribution in [3.05, 3.63) is 66.0 Å². The van der Waals surface area contributed by atoms with E-state index >= 15 is 0 Å². The van der Waals surface area contributed by atoms with Crippen molar-refractivity contribution in [2.75, 3.05) is 19.0 Å². The lowest BCUT2D eigenvalue weighted by Gasteiger charge is -2.22. The van der Waals surface area contributed by atoms with E-state index in [0.717, 1.165) is 5.56 Å². The second-order valence-corrected chi connectivity index (χ2v) is 8.77. The Morgan fingerprint density at radius 3 is 2.38 bits per heavy atom. The molecule has 0 unspecified atom stereocenters. The highest BCUT2D eigenvalue weighted by molar-refractivity contribution is 6.00. The number of methoxy groups -OCH3 is 1. The van der Waals surface area contributed by atoms with Crippen LogP contribution in [0.2, 0.25) is 0 Å². The summed E-state index contributed by atoms with van der Waals surface area (Å²) in [5.41, 5.74) is 2.14. The Hall–Kier alpha value is -3.35. The van der Waals surface area contributed by atoms with Gasteiger partial charge in [0.05, 0.1) is 13.0 Å². The van der Waals surface area contributed by atoms with Crippen LogP contribution in [0.15, 0.2) is 60.4 Å². The largest absolute Gasteiger partial charge is 0.497 e. The van der Waals surface area contributed by atoms with Gasteiger partial charge in [0, 0.05) is 18.7 Å². The Kier molecular flexibility index (Phi) is 8.41. The van der Waals surface area contributed by atoms with Gasteiger partial charge >= 0.3 is 0 Å². The van der Waals surface area contributed by atoms with Crippen molar-refractivity contribution in [1.29, 1.82) is 0 Å². The predicted molar refractivity (Wildman–Crippen MR) is 126 cm³/mol. The quantitative estimate of drug-likeness (QED) is 0.428. The monoisotopic (exact) mass is 439 g/mol. The molecule has 1 aliphatic rings. The van der Waals surface area contributed by atoms with E-state index < -0.39 is 17.9 Å². The average molecular weight is 440 g/mol. The number of benzene rings is 1. The van der Waals surface area contributed by atoms with E-state index in [2.05, 4.69) is 43.3 Å². The van der Waals surface area contributed by atoms with E-state index in [1.165, 1.54) is 0 Å². The van der Waals surface area contributed by atoms with Crippen LogP contribution >= 0.6 is 0 Å². The first-order valence-corrected chi connectivity index (χ1v) is 10.6. The molecule has 0 radical (unpaired) electrons. The van der Waals surface area contributed by atoms with E-state index in [9.17, 15) is 14.4 Å². The van der Waals surface area contributed by atoms with E-state index in [4.69, 9.17) is 4.74 Å². The zero-order chi connectivity index (χ0) is 23.9. The van der Waals surface area contributed by atoms with E-state index in [1.807, 2.05) is 31.2 Å². The highest BCUT2D eigenvalue weighted by atomic mass is 16.5. The molecule has 0 bridgehead atoms. The summed E-state index contributed by atoms with van der Waals surface area (Å²) < 4.78 is 5.20. The molecule has 0 spiro atoms. The smallest absolute Gasteiger partial charge is 0.251 e. The van der Waals surface area contributed by atoms with Crippen LogP contribution in [0.4, 0.5) is 5.69 Å². The van der Waals surface area contributed by atoms with Crippen molar-refractivity contribution in [3.63, 3.8) is 0 Å². The standard InChI is InChI=1S/C25H33N3O4/c1-7-20(32-6)13-8-16(2)22(28-23(30)17-14-21(29)26-15-17)24(31)27-19-11-9-18(10-12-19)25(3,4)5/h7-13,17,22H,2,14-15H2,1,3-6H3,(H,26,29)(H,27,31)(H,28,30)/b13-8-,20-7+/t17-,22-/m1/s1. The maximum absolute atomic E-state index is 13.1. The second kappa shape index (κ2) is 10.8. The van der Waals surface area contributed by atoms with Gasteiger partial charge in [0.25, 0.3) is 5.91 Å². The zero-order valence-corrected chi connectivity index (χ0v) is 19.5. The molecule has 3 N–H and O–H groups in total. The summed E-state index contributed by atoms with van der Waals surface area (Å²) in [4.78, 5) is 37.2. The van der Waals surface area contributed by atoms with Crippen molar-refractivity contribution in [2.24, 2.45) is 5.92 Å². The summed E-state index contributed by atoms with van der Waals surface area (Å²) >= 11 is 0. The first-order chi connectivity index (χ1) is 15.0. The number of rotatable bonds is 8. The summed E-state index contributed by atoms with van der Waals surface area (Å²) in [6.07, 6.45) is 5.17. The van der Waals surface area contributed by atoms with Crippen LogP contribution in [0.5, 0.6) is 0 Å². The average Bonchev–Trinajstić information content (AvgIpc) is 3.18. The number of allylic oxidation sites excluding steroid dienone is 2. The molecule has 7 heteroatoms. The van der Waals surface area contributed by atoms with Crippen molar-refractivity contribution < 1.29 is 19.1 Å². The molecule has 1 saturated heterocycles. The molecule has 3 amide bonds. The Balaban J connectivity index is 2.20. The Morgan fingerprint density at radius 1 is 1.22 bits per heavy atom. The summed E-state index contributed by atoms with van der Waals surface area (Å²) in [6.45, 7) is 12.4. The summed E-state index contributed by atoms with van der Waals surface area (Å²) in [5.74, 6) is -0.903. The molecule has 1 aromatic carbocycles. The van der Waals surface area contributed by atoms with E-state index in [-0.39, 0.29) is 30.2 Å². The Bertz CT molecular complexity index is 924. The Labute approximate surface area is 190 Å². The number of hydrogen-bond acceptors (Lipinski definition) is 4. The minimum Gasteiger partial charge on any atom is -0.497 e. The second-order valence-electron chi connectivity index (χ2n) is 8.77. The molecule has 1 aliphatic heterocycles. The minimum atomic E-state index is -1.01. The molecule has 0 saturated carbocycles. The number of nitrogens with one attached hydrogen (secondary N) is 3. The fourth-order valence-corrected chi connectivity index (χ4v) is 3.21. The minimum absolute atomic E-state index is 0.00324. The SMILES string of the molecule is C=C(/C=C\C(=C/C)OC)[C@@H](NC(=O)[C@H]1CNC(=O)C1)C(=O)Nc1ccc(C(C)(C)C)cc1. The zero-order valence-electron chi connectivity index (χ0n) is 19.5. The van der Waals surface area contributed by atoms with Crippen molar-refractivity contribution in [2.45, 2.75) is 45.6 Å². The molecular weight excluding hydrogens is 406 g/mol. The van der Waals surface area contributed by atoms with Crippen LogP contribution in [0.1, 0.15) is 39.7 Å². The third kappa shape index (κ3) is 6.83. The van der Waals surface area contributed by atoms with Gasteiger partial charge in [-0.05, 0) is 47.8 Å². The van der Waals surface area contributed by atoms with E-state index in [0.29, 0.717) is 17.0 Å². The Morgan fingerprint density at radius 2 is 1.88 bits per heavy atom. The number of anilines is 1. The van der Waals surface area contributed by atoms with Gasteiger partial charge in [0.15, 0.2) is 0 Å². The number of ether oxygens (including phenoxy) is 1. The number of carbonyl (C=O) groups is 3. The fraction of sp³-hybridized carbons (Fsp3) is 0.400. The van der Waals surface area contributed by atoms with Crippen LogP contribution in [0.3, 0.4) is 0 Å². The van der Waals surface area contributed by atoms with Crippen LogP contribution in [-0.4, -0.2) is 37.4 Å². The first-order valence-electron chi connectivity index (χ1n) is 10.6. The first kappa shape index (κ1) is 24.9. The molecular formula is C25H33N3O4. The van der Waals surface area contributed by atoms with Gasteiger partial charge in [0.2, 0.25) is 11.8 Å². The molecule has 32 heavy (non-hydrogen) atoms. The molecule has 172 valence electrons. The van der Waals surface area contributed by atoms with Crippen molar-refractivity contribution >= 4 is 23.4 Å². The van der Waals surface area contributed by atoms with Gasteiger partial charge < -0.3 is 20.7 Å². The highest BCUT2D eigenvalue weighted by Gasteiger charge is 2.31. The molecule has 1 heterocycles. The summed E-state index contributed by atoms with van der Waals surface area (Å²) in [5, 5.41) is 8.22. The lowest BCUT2D eigenvalue weighted by molar-refractivity contribution is -0.129. The summed E-state index contributed by atoms with van der Waals surface area (Å²) in [6, 6.07) is 6.58. The van der Waals surface area contributed by atoms with Crippen LogP contribution in [0, 0.1) is 5.92 Å². The maximum atomic E-state index is 13.1. The molecule has 0 aromatic heterocycles. The number of hydrogen-bond donors (Lipinski definition) is 3. The lowest BCUT2D eigenvalue weighted by Crippen LogP contribution is -2.47. The van der Waals surface area contributed by atoms with Crippen molar-refractivity contribution in [1.82, 2.24) is 10.6 Å². The molecule has 2 rings (SSSR count). The van der Waals surface area contributed by atoms with E-state index in [1.54, 1.807) is 25.3 Å². The third-order valence-corrected chi connectivity index (χ3v) is 5.27. The topological polar surface area (TPSA) is 96.5 Å². The third-order valence-electron chi connectivity index (χ3n) is 5.27. The fourth-order valence-electron chi connectivity index (χ4n) is 3.21. The van der Waals surface area contributed by atoms with Gasteiger partial charge in [-0.1, -0.05) is 45.6 Å². The molecule has 1 fully saturated rings. The van der Waals surface area contributed by atoms with Gasteiger partial charge in [-0.25, -0.2) is 0 Å². The number of carbonyl (C=O) groups excluding carboxylic acids is 3. The summed E-state index contributed by atoms with van der Waals surface area (Å²) in [7, 11) is 1.54. The highest BCUT2D eigenvalue weighted by Crippen LogP contribution is 2.23.